The molecule has 0 fully saturated rings. The number of rotatable bonds is 3. The summed E-state index contributed by atoms with van der Waals surface area (Å²) in [4.78, 5) is 25.4. The summed E-state index contributed by atoms with van der Waals surface area (Å²) in [5, 5.41) is 4.12. The van der Waals surface area contributed by atoms with Crippen molar-refractivity contribution in [3.63, 3.8) is 0 Å². The van der Waals surface area contributed by atoms with Crippen LogP contribution in [0.1, 0.15) is 47.1 Å². The summed E-state index contributed by atoms with van der Waals surface area (Å²) in [6, 6.07) is 14.9. The minimum atomic E-state index is -0.658. The zero-order valence-corrected chi connectivity index (χ0v) is 20.0. The molecule has 1 amide bonds. The number of nitrogens with zero attached hydrogens (tertiary/aromatic N) is 1. The molecule has 0 saturated heterocycles. The molecule has 0 aliphatic rings. The normalized spacial score (nSPS) is 12.0. The highest BCUT2D eigenvalue weighted by molar-refractivity contribution is 6.31. The number of fused-ring (bicyclic) bond motifs is 1. The molecular formula is C25H29ClN2O4. The van der Waals surface area contributed by atoms with Crippen LogP contribution in [0.5, 0.6) is 0 Å². The first kappa shape index (κ1) is 23.7. The Morgan fingerprint density at radius 2 is 1.59 bits per heavy atom. The number of alkyl carbamates (subject to hydrolysis) is 1. The molecule has 0 radical (unpaired) electrons. The Morgan fingerprint density at radius 1 is 0.938 bits per heavy atom. The number of halogens is 1. The van der Waals surface area contributed by atoms with Crippen LogP contribution in [-0.2, 0) is 16.0 Å². The molecular weight excluding hydrogens is 428 g/mol. The highest BCUT2D eigenvalue weighted by Crippen LogP contribution is 2.34. The summed E-state index contributed by atoms with van der Waals surface area (Å²) >= 11 is 6.52. The molecule has 32 heavy (non-hydrogen) atoms. The van der Waals surface area contributed by atoms with Gasteiger partial charge in [-0.25, -0.2) is 14.2 Å². The van der Waals surface area contributed by atoms with Gasteiger partial charge in [0.25, 0.3) is 0 Å². The van der Waals surface area contributed by atoms with Gasteiger partial charge in [0.05, 0.1) is 11.2 Å². The minimum Gasteiger partial charge on any atom is -0.444 e. The Balaban J connectivity index is 2.07. The van der Waals surface area contributed by atoms with Crippen molar-refractivity contribution in [1.82, 2.24) is 9.88 Å². The van der Waals surface area contributed by atoms with Crippen molar-refractivity contribution in [2.45, 2.75) is 59.3 Å². The molecule has 0 unspecified atom stereocenters. The summed E-state index contributed by atoms with van der Waals surface area (Å²) < 4.78 is 12.6. The fraction of sp³-hybridized carbons (Fsp3) is 0.360. The maximum atomic E-state index is 13.2. The van der Waals surface area contributed by atoms with Gasteiger partial charge < -0.3 is 14.8 Å². The molecule has 170 valence electrons. The minimum absolute atomic E-state index is 0.139. The lowest BCUT2D eigenvalue weighted by atomic mass is 10.0. The van der Waals surface area contributed by atoms with Crippen LogP contribution in [0.2, 0.25) is 5.02 Å². The first-order valence-corrected chi connectivity index (χ1v) is 10.8. The Hall–Kier alpha value is -2.99. The molecule has 0 aliphatic carbocycles. The molecule has 0 bridgehead atoms. The lowest BCUT2D eigenvalue weighted by molar-refractivity contribution is 0.0518. The number of benzene rings is 2. The highest BCUT2D eigenvalue weighted by atomic mass is 35.5. The van der Waals surface area contributed by atoms with E-state index in [-0.39, 0.29) is 6.54 Å². The molecule has 0 saturated carbocycles. The number of hydrogen-bond acceptors (Lipinski definition) is 4. The molecule has 2 aromatic carbocycles. The summed E-state index contributed by atoms with van der Waals surface area (Å²) in [5.41, 5.74) is 1.47. The maximum absolute atomic E-state index is 13.2. The Kier molecular flexibility index (Phi) is 6.56. The van der Waals surface area contributed by atoms with Gasteiger partial charge in [0.1, 0.15) is 11.2 Å². The zero-order chi connectivity index (χ0) is 23.7. The van der Waals surface area contributed by atoms with Crippen LogP contribution in [0, 0.1) is 0 Å². The lowest BCUT2D eigenvalue weighted by Crippen LogP contribution is -2.32. The highest BCUT2D eigenvalue weighted by Gasteiger charge is 2.24. The largest absolute Gasteiger partial charge is 0.444 e. The molecule has 1 N–H and O–H groups in total. The fourth-order valence-corrected chi connectivity index (χ4v) is 3.55. The molecule has 7 heteroatoms. The van der Waals surface area contributed by atoms with E-state index in [2.05, 4.69) is 5.32 Å². The van der Waals surface area contributed by atoms with Gasteiger partial charge in [-0.05, 0) is 65.3 Å². The van der Waals surface area contributed by atoms with Crippen molar-refractivity contribution in [1.29, 1.82) is 0 Å². The number of amides is 1. The van der Waals surface area contributed by atoms with Crippen LogP contribution in [0.3, 0.4) is 0 Å². The second-order valence-electron chi connectivity index (χ2n) is 9.53. The topological polar surface area (TPSA) is 69.6 Å². The monoisotopic (exact) mass is 456 g/mol. The summed E-state index contributed by atoms with van der Waals surface area (Å²) in [6.07, 6.45) is -1.03. The predicted octanol–water partition coefficient (Wildman–Crippen LogP) is 6.77. The van der Waals surface area contributed by atoms with Crippen LogP contribution < -0.4 is 5.32 Å². The molecule has 1 aromatic heterocycles. The molecule has 3 aromatic rings. The summed E-state index contributed by atoms with van der Waals surface area (Å²) in [6.45, 7) is 11.0. The SMILES string of the molecule is CC(C)(C)OC(=O)NCc1c(Cl)cccc1-c1cc2ccccc2n1C(=O)OC(C)(C)C. The molecule has 3 rings (SSSR count). The summed E-state index contributed by atoms with van der Waals surface area (Å²) in [5.74, 6) is 0. The molecule has 1 heterocycles. The number of carbonyl (C=O) groups is 2. The van der Waals surface area contributed by atoms with Gasteiger partial charge in [0.2, 0.25) is 0 Å². The van der Waals surface area contributed by atoms with E-state index in [1.807, 2.05) is 63.2 Å². The van der Waals surface area contributed by atoms with Crippen molar-refractivity contribution >= 4 is 34.7 Å². The van der Waals surface area contributed by atoms with Gasteiger partial charge in [-0.1, -0.05) is 41.9 Å². The fourth-order valence-electron chi connectivity index (χ4n) is 3.31. The van der Waals surface area contributed by atoms with Crippen molar-refractivity contribution in [3.05, 3.63) is 59.1 Å². The van der Waals surface area contributed by atoms with Crippen LogP contribution in [-0.4, -0.2) is 28.0 Å². The van der Waals surface area contributed by atoms with Crippen molar-refractivity contribution < 1.29 is 19.1 Å². The smallest absolute Gasteiger partial charge is 0.419 e. The molecule has 0 aliphatic heterocycles. The van der Waals surface area contributed by atoms with E-state index in [4.69, 9.17) is 21.1 Å². The van der Waals surface area contributed by atoms with E-state index in [1.165, 1.54) is 0 Å². The molecule has 6 nitrogen and oxygen atoms in total. The van der Waals surface area contributed by atoms with E-state index in [0.717, 1.165) is 16.5 Å². The van der Waals surface area contributed by atoms with Crippen LogP contribution in [0.15, 0.2) is 48.5 Å². The third-order valence-corrected chi connectivity index (χ3v) is 4.84. The third kappa shape index (κ3) is 5.62. The van der Waals surface area contributed by atoms with E-state index in [9.17, 15) is 9.59 Å². The van der Waals surface area contributed by atoms with E-state index in [1.54, 1.807) is 31.4 Å². The van der Waals surface area contributed by atoms with Gasteiger partial charge >= 0.3 is 12.2 Å². The van der Waals surface area contributed by atoms with Crippen LogP contribution >= 0.6 is 11.6 Å². The Morgan fingerprint density at radius 3 is 2.25 bits per heavy atom. The van der Waals surface area contributed by atoms with E-state index >= 15 is 0 Å². The average Bonchev–Trinajstić information content (AvgIpc) is 3.03. The first-order chi connectivity index (χ1) is 14.9. The molecule has 0 spiro atoms. The second-order valence-corrected chi connectivity index (χ2v) is 9.93. The second kappa shape index (κ2) is 8.87. The Bertz CT molecular complexity index is 1150. The average molecular weight is 457 g/mol. The van der Waals surface area contributed by atoms with Gasteiger partial charge in [0, 0.05) is 22.5 Å². The zero-order valence-electron chi connectivity index (χ0n) is 19.3. The van der Waals surface area contributed by atoms with Gasteiger partial charge in [0.15, 0.2) is 0 Å². The lowest BCUT2D eigenvalue weighted by Gasteiger charge is -2.22. The summed E-state index contributed by atoms with van der Waals surface area (Å²) in [7, 11) is 0. The molecule has 0 atom stereocenters. The van der Waals surface area contributed by atoms with Crippen molar-refractivity contribution in [2.75, 3.05) is 0 Å². The number of ether oxygens (including phenoxy) is 2. The van der Waals surface area contributed by atoms with E-state index in [0.29, 0.717) is 16.3 Å². The number of nitrogens with one attached hydrogen (secondary N) is 1. The van der Waals surface area contributed by atoms with E-state index < -0.39 is 23.4 Å². The van der Waals surface area contributed by atoms with Gasteiger partial charge in [-0.15, -0.1) is 0 Å². The van der Waals surface area contributed by atoms with Crippen molar-refractivity contribution in [2.24, 2.45) is 0 Å². The Labute approximate surface area is 193 Å². The predicted molar refractivity (Wildman–Crippen MR) is 127 cm³/mol. The van der Waals surface area contributed by atoms with Crippen molar-refractivity contribution in [3.8, 4) is 11.3 Å². The quantitative estimate of drug-likeness (QED) is 0.472. The van der Waals surface area contributed by atoms with Gasteiger partial charge in [-0.2, -0.15) is 0 Å². The number of para-hydroxylation sites is 1. The van der Waals surface area contributed by atoms with Crippen LogP contribution in [0.25, 0.3) is 22.2 Å². The standard InChI is InChI=1S/C25H29ClN2O4/c1-24(2,3)31-22(29)27-15-18-17(11-9-12-19(18)26)21-14-16-10-7-8-13-20(16)28(21)23(30)32-25(4,5)6/h7-14H,15H2,1-6H3,(H,27,29). The van der Waals surface area contributed by atoms with Crippen LogP contribution in [0.4, 0.5) is 9.59 Å². The van der Waals surface area contributed by atoms with Gasteiger partial charge in [-0.3, -0.25) is 0 Å². The third-order valence-electron chi connectivity index (χ3n) is 4.49. The number of carbonyl (C=O) groups excluding carboxylic acids is 2. The first-order valence-electron chi connectivity index (χ1n) is 10.4. The maximum Gasteiger partial charge on any atom is 0.419 e. The number of aromatic nitrogens is 1. The number of hydrogen-bond donors (Lipinski definition) is 1.